The maximum absolute atomic E-state index is 13.8. The molecule has 6 nitrogen and oxygen atoms in total. The minimum atomic E-state index is -4.64. The molecule has 0 aliphatic rings. The van der Waals surface area contributed by atoms with Gasteiger partial charge in [-0.25, -0.2) is 19.3 Å². The van der Waals surface area contributed by atoms with E-state index >= 15 is 0 Å². The molecular weight excluding hydrogens is 340 g/mol. The average Bonchev–Trinajstić information content (AvgIpc) is 2.98. The number of nitrogens with zero attached hydrogens (tertiary/aromatic N) is 3. The summed E-state index contributed by atoms with van der Waals surface area (Å²) >= 11 is 0. The summed E-state index contributed by atoms with van der Waals surface area (Å²) in [7, 11) is 0. The molecular formula is C15H14F4N6. The van der Waals surface area contributed by atoms with Gasteiger partial charge in [0, 0.05) is 6.54 Å². The second-order valence-electron chi connectivity index (χ2n) is 5.21. The Balaban J connectivity index is 2.06. The van der Waals surface area contributed by atoms with E-state index in [4.69, 9.17) is 0 Å². The van der Waals surface area contributed by atoms with Crippen molar-refractivity contribution in [3.8, 4) is 0 Å². The van der Waals surface area contributed by atoms with Gasteiger partial charge in [-0.3, -0.25) is 0 Å². The topological polar surface area (TPSA) is 78.5 Å². The fourth-order valence-corrected chi connectivity index (χ4v) is 2.11. The summed E-state index contributed by atoms with van der Waals surface area (Å²) in [5.41, 5.74) is -0.194. The lowest BCUT2D eigenvalue weighted by molar-refractivity contribution is -0.144. The summed E-state index contributed by atoms with van der Waals surface area (Å²) in [6, 6.07) is 5.88. The van der Waals surface area contributed by atoms with E-state index in [0.717, 1.165) is 6.42 Å². The van der Waals surface area contributed by atoms with Gasteiger partial charge < -0.3 is 15.6 Å². The lowest BCUT2D eigenvalue weighted by Crippen LogP contribution is -2.08. The molecule has 25 heavy (non-hydrogen) atoms. The van der Waals surface area contributed by atoms with Crippen LogP contribution in [0.4, 0.5) is 34.9 Å². The predicted molar refractivity (Wildman–Crippen MR) is 85.1 cm³/mol. The molecule has 0 atom stereocenters. The highest BCUT2D eigenvalue weighted by Gasteiger charge is 2.35. The number of anilines is 3. The van der Waals surface area contributed by atoms with E-state index in [9.17, 15) is 17.6 Å². The Morgan fingerprint density at radius 1 is 1.08 bits per heavy atom. The maximum atomic E-state index is 13.8. The zero-order chi connectivity index (χ0) is 18.0. The van der Waals surface area contributed by atoms with E-state index in [1.165, 1.54) is 18.2 Å². The quantitative estimate of drug-likeness (QED) is 0.602. The first kappa shape index (κ1) is 16.9. The number of rotatable bonds is 5. The van der Waals surface area contributed by atoms with Gasteiger partial charge in [-0.2, -0.15) is 13.2 Å². The van der Waals surface area contributed by atoms with Crippen LogP contribution >= 0.6 is 0 Å². The van der Waals surface area contributed by atoms with Gasteiger partial charge in [0.2, 0.25) is 5.82 Å². The van der Waals surface area contributed by atoms with Crippen LogP contribution in [0.3, 0.4) is 0 Å². The van der Waals surface area contributed by atoms with Crippen molar-refractivity contribution in [2.24, 2.45) is 0 Å². The molecule has 0 saturated heterocycles. The molecule has 0 saturated carbocycles. The largest absolute Gasteiger partial charge is 0.449 e. The molecule has 0 amide bonds. The molecule has 3 N–H and O–H groups in total. The zero-order valence-electron chi connectivity index (χ0n) is 13.1. The third kappa shape index (κ3) is 3.62. The normalized spacial score (nSPS) is 11.7. The Hall–Kier alpha value is -2.91. The van der Waals surface area contributed by atoms with Crippen molar-refractivity contribution in [3.63, 3.8) is 0 Å². The molecule has 10 heteroatoms. The fourth-order valence-electron chi connectivity index (χ4n) is 2.11. The molecule has 3 rings (SSSR count). The Morgan fingerprint density at radius 3 is 2.52 bits per heavy atom. The SMILES string of the molecule is CCCNc1nc2[nH]c(C(F)(F)F)nc2nc1Nc1ccccc1F. The molecule has 3 aromatic rings. The van der Waals surface area contributed by atoms with Crippen LogP contribution in [-0.2, 0) is 6.18 Å². The van der Waals surface area contributed by atoms with Crippen molar-refractivity contribution in [1.82, 2.24) is 19.9 Å². The lowest BCUT2D eigenvalue weighted by atomic mass is 10.3. The molecule has 0 bridgehead atoms. The van der Waals surface area contributed by atoms with E-state index in [0.29, 0.717) is 6.54 Å². The van der Waals surface area contributed by atoms with Crippen LogP contribution in [0.15, 0.2) is 24.3 Å². The van der Waals surface area contributed by atoms with Crippen LogP contribution in [0.5, 0.6) is 0 Å². The van der Waals surface area contributed by atoms with Gasteiger partial charge in [-0.05, 0) is 18.6 Å². The number of para-hydroxylation sites is 1. The first-order chi connectivity index (χ1) is 11.9. The number of hydrogen-bond acceptors (Lipinski definition) is 5. The fraction of sp³-hybridized carbons (Fsp3) is 0.267. The highest BCUT2D eigenvalue weighted by Crippen LogP contribution is 2.30. The van der Waals surface area contributed by atoms with Gasteiger partial charge in [0.05, 0.1) is 5.69 Å². The van der Waals surface area contributed by atoms with E-state index in [1.54, 1.807) is 6.07 Å². The van der Waals surface area contributed by atoms with E-state index < -0.39 is 17.8 Å². The molecule has 0 unspecified atom stereocenters. The minimum absolute atomic E-state index is 0.0891. The Kier molecular flexibility index (Phi) is 4.43. The van der Waals surface area contributed by atoms with Crippen molar-refractivity contribution in [3.05, 3.63) is 35.9 Å². The highest BCUT2D eigenvalue weighted by molar-refractivity contribution is 5.77. The maximum Gasteiger partial charge on any atom is 0.449 e. The molecule has 0 aliphatic heterocycles. The number of alkyl halides is 3. The number of hydrogen-bond donors (Lipinski definition) is 3. The number of aromatic amines is 1. The summed E-state index contributed by atoms with van der Waals surface area (Å²) in [5, 5.41) is 5.70. The van der Waals surface area contributed by atoms with Crippen LogP contribution < -0.4 is 10.6 Å². The number of H-pyrrole nitrogens is 1. The van der Waals surface area contributed by atoms with Gasteiger partial charge in [0.1, 0.15) is 5.82 Å². The molecule has 132 valence electrons. The second-order valence-corrected chi connectivity index (χ2v) is 5.21. The third-order valence-electron chi connectivity index (χ3n) is 3.27. The van der Waals surface area contributed by atoms with Crippen LogP contribution in [0.2, 0.25) is 0 Å². The summed E-state index contributed by atoms with van der Waals surface area (Å²) in [5.74, 6) is -1.42. The van der Waals surface area contributed by atoms with Crippen molar-refractivity contribution in [2.75, 3.05) is 17.2 Å². The van der Waals surface area contributed by atoms with E-state index in [-0.39, 0.29) is 28.6 Å². The van der Waals surface area contributed by atoms with Crippen molar-refractivity contribution < 1.29 is 17.6 Å². The molecule has 0 fully saturated rings. The zero-order valence-corrected chi connectivity index (χ0v) is 13.1. The second kappa shape index (κ2) is 6.54. The summed E-state index contributed by atoms with van der Waals surface area (Å²) in [6.45, 7) is 2.44. The molecule has 0 spiro atoms. The number of nitrogens with one attached hydrogen (secondary N) is 3. The summed E-state index contributed by atoms with van der Waals surface area (Å²) in [4.78, 5) is 13.7. The molecule has 0 radical (unpaired) electrons. The number of aromatic nitrogens is 4. The first-order valence-corrected chi connectivity index (χ1v) is 7.49. The Morgan fingerprint density at radius 2 is 1.84 bits per heavy atom. The van der Waals surface area contributed by atoms with Gasteiger partial charge in [-0.15, -0.1) is 0 Å². The van der Waals surface area contributed by atoms with Crippen molar-refractivity contribution >= 4 is 28.6 Å². The Bertz CT molecular complexity index is 889. The number of imidazole rings is 1. The molecule has 0 aliphatic carbocycles. The van der Waals surface area contributed by atoms with E-state index in [2.05, 4.69) is 30.6 Å². The predicted octanol–water partition coefficient (Wildman–Crippen LogP) is 4.08. The molecule has 2 aromatic heterocycles. The minimum Gasteiger partial charge on any atom is -0.367 e. The lowest BCUT2D eigenvalue weighted by Gasteiger charge is -2.12. The van der Waals surface area contributed by atoms with Gasteiger partial charge in [-0.1, -0.05) is 19.1 Å². The summed E-state index contributed by atoms with van der Waals surface area (Å²) in [6.07, 6.45) is -3.88. The summed E-state index contributed by atoms with van der Waals surface area (Å²) < 4.78 is 52.2. The van der Waals surface area contributed by atoms with Crippen LogP contribution in [-0.4, -0.2) is 26.5 Å². The molecule has 2 heterocycles. The molecule has 1 aromatic carbocycles. The number of benzene rings is 1. The van der Waals surface area contributed by atoms with Crippen molar-refractivity contribution in [1.29, 1.82) is 0 Å². The van der Waals surface area contributed by atoms with Crippen LogP contribution in [0.1, 0.15) is 19.2 Å². The van der Waals surface area contributed by atoms with Crippen LogP contribution in [0, 0.1) is 5.82 Å². The van der Waals surface area contributed by atoms with E-state index in [1.807, 2.05) is 6.92 Å². The Labute approximate surface area is 139 Å². The third-order valence-corrected chi connectivity index (χ3v) is 3.27. The standard InChI is InChI=1S/C15H14F4N6/c1-2-7-20-10-11(21-9-6-4-3-5-8(9)16)23-13-12(22-10)24-14(25-13)15(17,18)19/h3-6H,2,7H2,1H3,(H3,20,21,22,23,24,25). The average molecular weight is 354 g/mol. The van der Waals surface area contributed by atoms with Crippen LogP contribution in [0.25, 0.3) is 11.3 Å². The first-order valence-electron chi connectivity index (χ1n) is 7.49. The van der Waals surface area contributed by atoms with Gasteiger partial charge >= 0.3 is 6.18 Å². The number of halogens is 4. The van der Waals surface area contributed by atoms with Gasteiger partial charge in [0.15, 0.2) is 22.9 Å². The monoisotopic (exact) mass is 354 g/mol. The van der Waals surface area contributed by atoms with Crippen molar-refractivity contribution in [2.45, 2.75) is 19.5 Å². The number of fused-ring (bicyclic) bond motifs is 1. The van der Waals surface area contributed by atoms with Gasteiger partial charge in [0.25, 0.3) is 0 Å². The smallest absolute Gasteiger partial charge is 0.367 e. The highest BCUT2D eigenvalue weighted by atomic mass is 19.4.